The van der Waals surface area contributed by atoms with Crippen LogP contribution < -0.4 is 10.1 Å². The normalized spacial score (nSPS) is 16.3. The maximum Gasteiger partial charge on any atom is 0.237 e. The van der Waals surface area contributed by atoms with E-state index in [9.17, 15) is 4.79 Å². The molecule has 0 aliphatic carbocycles. The number of carbonyl (C=O) groups excluding carboxylic acids is 1. The van der Waals surface area contributed by atoms with Gasteiger partial charge in [-0.1, -0.05) is 42.1 Å². The minimum absolute atomic E-state index is 0.0806. The maximum atomic E-state index is 13.0. The monoisotopic (exact) mass is 488 g/mol. The molecular formula is C27H28N4O3S. The zero-order chi connectivity index (χ0) is 24.2. The first-order valence-electron chi connectivity index (χ1n) is 11.8. The summed E-state index contributed by atoms with van der Waals surface area (Å²) in [5.41, 5.74) is 1.72. The molecule has 2 heterocycles. The lowest BCUT2D eigenvalue weighted by Crippen LogP contribution is -2.23. The van der Waals surface area contributed by atoms with Gasteiger partial charge in [-0.2, -0.15) is 0 Å². The van der Waals surface area contributed by atoms with Gasteiger partial charge in [-0.05, 0) is 66.9 Å². The van der Waals surface area contributed by atoms with Crippen molar-refractivity contribution >= 4 is 34.1 Å². The Morgan fingerprint density at radius 2 is 1.94 bits per heavy atom. The van der Waals surface area contributed by atoms with Gasteiger partial charge in [0.25, 0.3) is 0 Å². The van der Waals surface area contributed by atoms with Crippen LogP contribution in [0.3, 0.4) is 0 Å². The molecule has 1 aliphatic rings. The molecule has 1 aliphatic heterocycles. The third-order valence-corrected chi connectivity index (χ3v) is 7.22. The maximum absolute atomic E-state index is 13.0. The number of aromatic nitrogens is 3. The highest BCUT2D eigenvalue weighted by Gasteiger charge is 2.24. The molecule has 0 bridgehead atoms. The standard InChI is InChI=1S/C27H28N4O3S/c1-18(26(32)28-22-12-9-19-6-3-4-7-21(19)16-22)35-27-30-29-25(20-10-13-23(33-2)14-11-20)31(27)17-24-8-5-15-34-24/h3-4,6-7,9-14,16,18,24H,5,8,15,17H2,1-2H3,(H,28,32). The number of thioether (sulfide) groups is 1. The first kappa shape index (κ1) is 23.4. The molecule has 4 aromatic rings. The minimum Gasteiger partial charge on any atom is -0.497 e. The molecule has 180 valence electrons. The zero-order valence-corrected chi connectivity index (χ0v) is 20.6. The second-order valence-electron chi connectivity index (χ2n) is 8.59. The molecule has 35 heavy (non-hydrogen) atoms. The summed E-state index contributed by atoms with van der Waals surface area (Å²) in [5, 5.41) is 14.5. The number of hydrogen-bond acceptors (Lipinski definition) is 6. The predicted octanol–water partition coefficient (Wildman–Crippen LogP) is 5.41. The van der Waals surface area contributed by atoms with Gasteiger partial charge in [0.2, 0.25) is 5.91 Å². The fourth-order valence-corrected chi connectivity index (χ4v) is 5.07. The largest absolute Gasteiger partial charge is 0.497 e. The van der Waals surface area contributed by atoms with E-state index in [1.54, 1.807) is 7.11 Å². The molecule has 2 atom stereocenters. The number of amides is 1. The molecule has 3 aromatic carbocycles. The van der Waals surface area contributed by atoms with Crippen LogP contribution in [-0.4, -0.2) is 45.7 Å². The van der Waals surface area contributed by atoms with E-state index in [1.165, 1.54) is 11.8 Å². The number of anilines is 1. The number of nitrogens with one attached hydrogen (secondary N) is 1. The van der Waals surface area contributed by atoms with Gasteiger partial charge in [0.15, 0.2) is 11.0 Å². The molecule has 8 heteroatoms. The lowest BCUT2D eigenvalue weighted by molar-refractivity contribution is -0.115. The van der Waals surface area contributed by atoms with E-state index in [4.69, 9.17) is 9.47 Å². The second kappa shape index (κ2) is 10.5. The predicted molar refractivity (Wildman–Crippen MR) is 139 cm³/mol. The van der Waals surface area contributed by atoms with E-state index in [-0.39, 0.29) is 17.3 Å². The quantitative estimate of drug-likeness (QED) is 0.334. The highest BCUT2D eigenvalue weighted by molar-refractivity contribution is 8.00. The van der Waals surface area contributed by atoms with Crippen LogP contribution in [0.2, 0.25) is 0 Å². The van der Waals surface area contributed by atoms with E-state index >= 15 is 0 Å². The second-order valence-corrected chi connectivity index (χ2v) is 9.90. The molecule has 5 rings (SSSR count). The Morgan fingerprint density at radius 3 is 2.69 bits per heavy atom. The minimum atomic E-state index is -0.363. The van der Waals surface area contributed by atoms with Gasteiger partial charge in [0.1, 0.15) is 5.75 Å². The van der Waals surface area contributed by atoms with Crippen molar-refractivity contribution in [3.63, 3.8) is 0 Å². The fraction of sp³-hybridized carbons (Fsp3) is 0.296. The van der Waals surface area contributed by atoms with Crippen molar-refractivity contribution in [1.82, 2.24) is 14.8 Å². The number of rotatable bonds is 8. The SMILES string of the molecule is COc1ccc(-c2nnc(SC(C)C(=O)Nc3ccc4ccccc4c3)n2CC2CCCO2)cc1. The van der Waals surface area contributed by atoms with Crippen LogP contribution >= 0.6 is 11.8 Å². The first-order valence-corrected chi connectivity index (χ1v) is 12.6. The van der Waals surface area contributed by atoms with Crippen LogP contribution in [0.1, 0.15) is 19.8 Å². The highest BCUT2D eigenvalue weighted by Crippen LogP contribution is 2.30. The Balaban J connectivity index is 1.35. The molecule has 1 amide bonds. The van der Waals surface area contributed by atoms with Crippen LogP contribution in [0, 0.1) is 0 Å². The van der Waals surface area contributed by atoms with Crippen molar-refractivity contribution in [3.8, 4) is 17.1 Å². The Bertz CT molecular complexity index is 1320. The Morgan fingerprint density at radius 1 is 1.14 bits per heavy atom. The third-order valence-electron chi connectivity index (χ3n) is 6.14. The number of hydrogen-bond donors (Lipinski definition) is 1. The molecule has 2 unspecified atom stereocenters. The van der Waals surface area contributed by atoms with Crippen molar-refractivity contribution in [2.24, 2.45) is 0 Å². The van der Waals surface area contributed by atoms with Crippen molar-refractivity contribution in [2.45, 2.75) is 42.8 Å². The lowest BCUT2D eigenvalue weighted by atomic mass is 10.1. The molecular weight excluding hydrogens is 460 g/mol. The number of nitrogens with zero attached hydrogens (tertiary/aromatic N) is 3. The smallest absolute Gasteiger partial charge is 0.237 e. The van der Waals surface area contributed by atoms with Crippen LogP contribution in [0.5, 0.6) is 5.75 Å². The van der Waals surface area contributed by atoms with E-state index in [2.05, 4.69) is 26.1 Å². The average Bonchev–Trinajstić information content (AvgIpc) is 3.54. The van der Waals surface area contributed by atoms with E-state index < -0.39 is 0 Å². The molecule has 7 nitrogen and oxygen atoms in total. The molecule has 0 radical (unpaired) electrons. The number of benzene rings is 3. The molecule has 1 saturated heterocycles. The molecule has 0 saturated carbocycles. The van der Waals surface area contributed by atoms with Crippen molar-refractivity contribution in [1.29, 1.82) is 0 Å². The fourth-order valence-electron chi connectivity index (χ4n) is 4.21. The number of methoxy groups -OCH3 is 1. The number of ether oxygens (including phenoxy) is 2. The number of fused-ring (bicyclic) bond motifs is 1. The van der Waals surface area contributed by atoms with Crippen molar-refractivity contribution in [2.75, 3.05) is 19.0 Å². The Kier molecular flexibility index (Phi) is 7.01. The lowest BCUT2D eigenvalue weighted by Gasteiger charge is -2.17. The molecule has 1 aromatic heterocycles. The highest BCUT2D eigenvalue weighted by atomic mass is 32.2. The van der Waals surface area contributed by atoms with Gasteiger partial charge in [-0.3, -0.25) is 9.36 Å². The van der Waals surface area contributed by atoms with Crippen LogP contribution in [0.25, 0.3) is 22.2 Å². The molecule has 1 fully saturated rings. The van der Waals surface area contributed by atoms with Crippen LogP contribution in [0.15, 0.2) is 71.9 Å². The Labute approximate surface area is 208 Å². The van der Waals surface area contributed by atoms with Gasteiger partial charge in [-0.25, -0.2) is 0 Å². The topological polar surface area (TPSA) is 78.3 Å². The van der Waals surface area contributed by atoms with E-state index in [0.29, 0.717) is 11.7 Å². The average molecular weight is 489 g/mol. The summed E-state index contributed by atoms with van der Waals surface area (Å²) in [6.07, 6.45) is 2.17. The summed E-state index contributed by atoms with van der Waals surface area (Å²) in [6, 6.07) is 21.8. The molecule has 1 N–H and O–H groups in total. The first-order chi connectivity index (χ1) is 17.1. The summed E-state index contributed by atoms with van der Waals surface area (Å²) in [6.45, 7) is 3.31. The van der Waals surface area contributed by atoms with Gasteiger partial charge in [-0.15, -0.1) is 10.2 Å². The van der Waals surface area contributed by atoms with Crippen molar-refractivity contribution in [3.05, 3.63) is 66.7 Å². The van der Waals surface area contributed by atoms with Crippen LogP contribution in [0.4, 0.5) is 5.69 Å². The van der Waals surface area contributed by atoms with Gasteiger partial charge in [0.05, 0.1) is 25.0 Å². The van der Waals surface area contributed by atoms with Crippen LogP contribution in [-0.2, 0) is 16.1 Å². The third kappa shape index (κ3) is 5.33. The summed E-state index contributed by atoms with van der Waals surface area (Å²) in [5.74, 6) is 1.46. The van der Waals surface area contributed by atoms with Gasteiger partial charge >= 0.3 is 0 Å². The summed E-state index contributed by atoms with van der Waals surface area (Å²) >= 11 is 1.40. The zero-order valence-electron chi connectivity index (χ0n) is 19.8. The van der Waals surface area contributed by atoms with E-state index in [0.717, 1.165) is 53.0 Å². The summed E-state index contributed by atoms with van der Waals surface area (Å²) in [7, 11) is 1.65. The summed E-state index contributed by atoms with van der Waals surface area (Å²) < 4.78 is 13.3. The van der Waals surface area contributed by atoms with Crippen molar-refractivity contribution < 1.29 is 14.3 Å². The van der Waals surface area contributed by atoms with Gasteiger partial charge in [0, 0.05) is 17.9 Å². The summed E-state index contributed by atoms with van der Waals surface area (Å²) in [4.78, 5) is 13.0. The van der Waals surface area contributed by atoms with E-state index in [1.807, 2.05) is 67.6 Å². The van der Waals surface area contributed by atoms with Gasteiger partial charge < -0.3 is 14.8 Å². The number of carbonyl (C=O) groups is 1. The Hall–Kier alpha value is -3.36. The molecule has 0 spiro atoms.